The first kappa shape index (κ1) is 7.35. The van der Waals surface area contributed by atoms with Gasteiger partial charge in [-0.2, -0.15) is 0 Å². The monoisotopic (exact) mass is 238 g/mol. The summed E-state index contributed by atoms with van der Waals surface area (Å²) in [5.74, 6) is 0. The molecule has 0 fully saturated rings. The SMILES string of the molecule is OSC(I)SO. The molecule has 0 aliphatic carbocycles. The highest BCUT2D eigenvalue weighted by Crippen LogP contribution is 2.23. The van der Waals surface area contributed by atoms with Gasteiger partial charge in [-0.15, -0.1) is 0 Å². The van der Waals surface area contributed by atoms with Gasteiger partial charge in [-0.25, -0.2) is 0 Å². The fourth-order valence-corrected chi connectivity index (χ4v) is 0.173. The Morgan fingerprint density at radius 3 is 1.67 bits per heavy atom. The van der Waals surface area contributed by atoms with Crippen LogP contribution in [0.2, 0.25) is 0 Å². The molecule has 2 N–H and O–H groups in total. The standard InChI is InChI=1S/CH3IO2S2/c2-1(5-3)6-4/h1,3-4H. The van der Waals surface area contributed by atoms with E-state index in [0.29, 0.717) is 24.1 Å². The summed E-state index contributed by atoms with van der Waals surface area (Å²) >= 11 is 3.14. The number of hydrogen-bond donors (Lipinski definition) is 2. The molecule has 0 amide bonds. The molecular formula is CH3IO2S2. The summed E-state index contributed by atoms with van der Waals surface area (Å²) in [7, 11) is 0. The fraction of sp³-hybridized carbons (Fsp3) is 1.00. The predicted molar refractivity (Wildman–Crippen MR) is 38.2 cm³/mol. The molecule has 0 bridgehead atoms. The number of halogens is 1. The van der Waals surface area contributed by atoms with Crippen molar-refractivity contribution in [3.63, 3.8) is 0 Å². The fourth-order valence-electron chi connectivity index (χ4n) is 0.0192. The second-order valence-corrected chi connectivity index (χ2v) is 5.08. The normalized spacial score (nSPS) is 10.0. The van der Waals surface area contributed by atoms with Crippen molar-refractivity contribution in [1.82, 2.24) is 0 Å². The van der Waals surface area contributed by atoms with Crippen LogP contribution in [-0.4, -0.2) is 11.7 Å². The molecule has 0 atom stereocenters. The van der Waals surface area contributed by atoms with Crippen LogP contribution < -0.4 is 0 Å². The van der Waals surface area contributed by atoms with Crippen molar-refractivity contribution < 1.29 is 9.11 Å². The Hall–Kier alpha value is 1.35. The molecule has 0 aromatic heterocycles. The molecule has 0 saturated carbocycles. The van der Waals surface area contributed by atoms with Crippen molar-refractivity contribution in [3.05, 3.63) is 0 Å². The molecule has 5 heteroatoms. The third kappa shape index (κ3) is 3.54. The van der Waals surface area contributed by atoms with Gasteiger partial charge in [-0.05, 0) is 0 Å². The summed E-state index contributed by atoms with van der Waals surface area (Å²) in [4.78, 5) is 0. The third-order valence-corrected chi connectivity index (χ3v) is 2.38. The van der Waals surface area contributed by atoms with E-state index in [4.69, 9.17) is 9.11 Å². The van der Waals surface area contributed by atoms with Gasteiger partial charge >= 0.3 is 0 Å². The van der Waals surface area contributed by atoms with Crippen LogP contribution in [0.4, 0.5) is 0 Å². The smallest absolute Gasteiger partial charge is 0.153 e. The van der Waals surface area contributed by atoms with E-state index in [-0.39, 0.29) is 2.59 Å². The van der Waals surface area contributed by atoms with Gasteiger partial charge in [0.1, 0.15) is 0 Å². The van der Waals surface area contributed by atoms with Gasteiger partial charge in [0.05, 0.1) is 0 Å². The molecule has 38 valence electrons. The van der Waals surface area contributed by atoms with Crippen LogP contribution in [-0.2, 0) is 0 Å². The van der Waals surface area contributed by atoms with Crippen LogP contribution in [0.1, 0.15) is 0 Å². The van der Waals surface area contributed by atoms with Crippen LogP contribution in [0.15, 0.2) is 0 Å². The van der Waals surface area contributed by atoms with Crippen molar-refractivity contribution in [2.45, 2.75) is 2.59 Å². The Bertz CT molecular complexity index is 30.7. The topological polar surface area (TPSA) is 40.5 Å². The minimum absolute atomic E-state index is 0.150. The van der Waals surface area contributed by atoms with Gasteiger partial charge in [0, 0.05) is 24.1 Å². The van der Waals surface area contributed by atoms with Crippen molar-refractivity contribution in [1.29, 1.82) is 0 Å². The average molecular weight is 238 g/mol. The van der Waals surface area contributed by atoms with Gasteiger partial charge in [0.15, 0.2) is 2.59 Å². The van der Waals surface area contributed by atoms with E-state index >= 15 is 0 Å². The Balaban J connectivity index is 2.75. The summed E-state index contributed by atoms with van der Waals surface area (Å²) in [5.41, 5.74) is 0. The molecule has 0 aromatic carbocycles. The lowest BCUT2D eigenvalue weighted by Crippen LogP contribution is -1.75. The van der Waals surface area contributed by atoms with E-state index < -0.39 is 0 Å². The van der Waals surface area contributed by atoms with Crippen molar-refractivity contribution in [2.24, 2.45) is 0 Å². The van der Waals surface area contributed by atoms with Crippen LogP contribution in [0, 0.1) is 0 Å². The number of alkyl halides is 1. The van der Waals surface area contributed by atoms with E-state index in [1.54, 1.807) is 0 Å². The highest BCUT2D eigenvalue weighted by atomic mass is 127. The van der Waals surface area contributed by atoms with E-state index in [2.05, 4.69) is 0 Å². The van der Waals surface area contributed by atoms with E-state index in [9.17, 15) is 0 Å². The second-order valence-electron chi connectivity index (χ2n) is 0.485. The molecule has 2 nitrogen and oxygen atoms in total. The predicted octanol–water partition coefficient (Wildman–Crippen LogP) is 2.12. The maximum atomic E-state index is 8.06. The highest BCUT2D eigenvalue weighted by molar-refractivity contribution is 14.1. The molecule has 6 heavy (non-hydrogen) atoms. The van der Waals surface area contributed by atoms with E-state index in [1.807, 2.05) is 22.6 Å². The first-order valence-electron chi connectivity index (χ1n) is 1.05. The van der Waals surface area contributed by atoms with Crippen LogP contribution >= 0.6 is 46.7 Å². The molecule has 0 radical (unpaired) electrons. The van der Waals surface area contributed by atoms with Crippen LogP contribution in [0.25, 0.3) is 0 Å². The summed E-state index contributed by atoms with van der Waals surface area (Å²) < 4.78 is 16.0. The zero-order valence-electron chi connectivity index (χ0n) is 2.67. The zero-order chi connectivity index (χ0) is 4.99. The largest absolute Gasteiger partial charge is 0.328 e. The Kier molecular flexibility index (Phi) is 5.52. The first-order valence-corrected chi connectivity index (χ1v) is 3.97. The maximum absolute atomic E-state index is 8.06. The van der Waals surface area contributed by atoms with Crippen molar-refractivity contribution in [2.75, 3.05) is 0 Å². The Morgan fingerprint density at radius 1 is 1.33 bits per heavy atom. The molecule has 0 aromatic rings. The number of rotatable bonds is 2. The van der Waals surface area contributed by atoms with E-state index in [0.717, 1.165) is 0 Å². The van der Waals surface area contributed by atoms with Gasteiger partial charge in [0.2, 0.25) is 0 Å². The molecular weight excluding hydrogens is 235 g/mol. The average Bonchev–Trinajstić information content (AvgIpc) is 1.65. The molecule has 0 saturated heterocycles. The van der Waals surface area contributed by atoms with Crippen LogP contribution in [0.5, 0.6) is 0 Å². The van der Waals surface area contributed by atoms with Gasteiger partial charge in [-0.3, -0.25) is 0 Å². The number of hydrogen-bond acceptors (Lipinski definition) is 4. The lowest BCUT2D eigenvalue weighted by atomic mass is 11.9. The summed E-state index contributed by atoms with van der Waals surface area (Å²) in [6.07, 6.45) is 0. The molecule has 0 heterocycles. The molecule has 0 aliphatic rings. The van der Waals surface area contributed by atoms with E-state index in [1.165, 1.54) is 0 Å². The maximum Gasteiger partial charge on any atom is 0.153 e. The molecule has 0 unspecified atom stereocenters. The third-order valence-electron chi connectivity index (χ3n) is 0.166. The quantitative estimate of drug-likeness (QED) is 0.334. The molecule has 0 aliphatic heterocycles. The summed E-state index contributed by atoms with van der Waals surface area (Å²) in [6, 6.07) is 0. The van der Waals surface area contributed by atoms with Gasteiger partial charge in [0.25, 0.3) is 0 Å². The second kappa shape index (κ2) is 4.51. The van der Waals surface area contributed by atoms with Crippen molar-refractivity contribution in [3.8, 4) is 0 Å². The molecule has 0 rings (SSSR count). The minimum atomic E-state index is -0.150. The first-order chi connectivity index (χ1) is 2.81. The highest BCUT2D eigenvalue weighted by Gasteiger charge is 1.97. The lowest BCUT2D eigenvalue weighted by molar-refractivity contribution is 0.656. The Morgan fingerprint density at radius 2 is 1.67 bits per heavy atom. The zero-order valence-corrected chi connectivity index (χ0v) is 6.46. The Labute approximate surface area is 58.3 Å². The van der Waals surface area contributed by atoms with Gasteiger partial charge in [-0.1, -0.05) is 22.6 Å². The summed E-state index contributed by atoms with van der Waals surface area (Å²) in [5, 5.41) is 0. The lowest BCUT2D eigenvalue weighted by Gasteiger charge is -1.92. The minimum Gasteiger partial charge on any atom is -0.328 e. The molecule has 0 spiro atoms. The summed E-state index contributed by atoms with van der Waals surface area (Å²) in [6.45, 7) is 0. The van der Waals surface area contributed by atoms with Gasteiger partial charge < -0.3 is 9.11 Å². The van der Waals surface area contributed by atoms with Crippen molar-refractivity contribution >= 4 is 46.7 Å². The van der Waals surface area contributed by atoms with Crippen LogP contribution in [0.3, 0.4) is 0 Å².